The molecule has 1 heterocycles. The van der Waals surface area contributed by atoms with Crippen LogP contribution in [0.3, 0.4) is 0 Å². The summed E-state index contributed by atoms with van der Waals surface area (Å²) in [4.78, 5) is 11.9. The fourth-order valence-corrected chi connectivity index (χ4v) is 1.43. The standard InChI is InChI=1S/C14H10N2O3/c15-9-10(8-11-4-3-7-19-11)14(18)16-12-5-1-2-6-13(12)17/h1-8,17H,(H,16,18)/b10-8-. The number of carbonyl (C=O) groups is 1. The second-order valence-corrected chi connectivity index (χ2v) is 3.66. The van der Waals surface area contributed by atoms with E-state index in [1.807, 2.05) is 0 Å². The van der Waals surface area contributed by atoms with Gasteiger partial charge in [-0.15, -0.1) is 0 Å². The minimum atomic E-state index is -0.611. The number of aromatic hydroxyl groups is 1. The van der Waals surface area contributed by atoms with Crippen LogP contribution in [0.1, 0.15) is 5.76 Å². The number of nitrogens with zero attached hydrogens (tertiary/aromatic N) is 1. The van der Waals surface area contributed by atoms with Crippen molar-refractivity contribution < 1.29 is 14.3 Å². The van der Waals surface area contributed by atoms with Crippen LogP contribution in [0.25, 0.3) is 6.08 Å². The predicted octanol–water partition coefficient (Wildman–Crippen LogP) is 2.53. The van der Waals surface area contributed by atoms with Crippen LogP contribution in [-0.2, 0) is 4.79 Å². The number of nitriles is 1. The molecule has 2 aromatic rings. The summed E-state index contributed by atoms with van der Waals surface area (Å²) >= 11 is 0. The Hall–Kier alpha value is -3.00. The van der Waals surface area contributed by atoms with E-state index in [1.54, 1.807) is 30.3 Å². The lowest BCUT2D eigenvalue weighted by molar-refractivity contribution is -0.112. The summed E-state index contributed by atoms with van der Waals surface area (Å²) in [6.45, 7) is 0. The minimum Gasteiger partial charge on any atom is -0.506 e. The summed E-state index contributed by atoms with van der Waals surface area (Å²) in [5.41, 5.74) is 0.131. The average molecular weight is 254 g/mol. The topological polar surface area (TPSA) is 86.3 Å². The molecule has 0 bridgehead atoms. The molecule has 19 heavy (non-hydrogen) atoms. The lowest BCUT2D eigenvalue weighted by Gasteiger charge is -2.05. The van der Waals surface area contributed by atoms with Gasteiger partial charge in [-0.1, -0.05) is 12.1 Å². The van der Waals surface area contributed by atoms with Gasteiger partial charge in [0.25, 0.3) is 5.91 Å². The van der Waals surface area contributed by atoms with Crippen LogP contribution < -0.4 is 5.32 Å². The molecule has 0 aliphatic carbocycles. The molecule has 0 aliphatic heterocycles. The molecule has 5 nitrogen and oxygen atoms in total. The van der Waals surface area contributed by atoms with Crippen molar-refractivity contribution in [2.75, 3.05) is 5.32 Å². The van der Waals surface area contributed by atoms with E-state index >= 15 is 0 Å². The van der Waals surface area contributed by atoms with E-state index in [4.69, 9.17) is 9.68 Å². The number of amides is 1. The second-order valence-electron chi connectivity index (χ2n) is 3.66. The molecule has 0 saturated carbocycles. The molecule has 0 atom stereocenters. The van der Waals surface area contributed by atoms with E-state index in [9.17, 15) is 9.90 Å². The first kappa shape index (κ1) is 12.5. The molecule has 0 spiro atoms. The highest BCUT2D eigenvalue weighted by Gasteiger charge is 2.11. The van der Waals surface area contributed by atoms with Gasteiger partial charge in [0.05, 0.1) is 12.0 Å². The molecule has 2 N–H and O–H groups in total. The number of nitrogens with one attached hydrogen (secondary N) is 1. The van der Waals surface area contributed by atoms with Crippen LogP contribution in [0.2, 0.25) is 0 Å². The molecule has 1 amide bonds. The van der Waals surface area contributed by atoms with Crippen molar-refractivity contribution in [2.45, 2.75) is 0 Å². The maximum Gasteiger partial charge on any atom is 0.266 e. The maximum absolute atomic E-state index is 11.9. The van der Waals surface area contributed by atoms with Gasteiger partial charge in [-0.2, -0.15) is 5.26 Å². The molecule has 94 valence electrons. The highest BCUT2D eigenvalue weighted by molar-refractivity contribution is 6.10. The summed E-state index contributed by atoms with van der Waals surface area (Å²) < 4.78 is 5.03. The summed E-state index contributed by atoms with van der Waals surface area (Å²) in [6, 6.07) is 11.3. The van der Waals surface area contributed by atoms with Crippen LogP contribution in [0, 0.1) is 11.3 Å². The number of rotatable bonds is 3. The predicted molar refractivity (Wildman–Crippen MR) is 69.0 cm³/mol. The van der Waals surface area contributed by atoms with E-state index in [-0.39, 0.29) is 17.0 Å². The first-order chi connectivity index (χ1) is 9.20. The Morgan fingerprint density at radius 1 is 1.32 bits per heavy atom. The number of hydrogen-bond donors (Lipinski definition) is 2. The number of phenolic OH excluding ortho intramolecular Hbond substituents is 1. The van der Waals surface area contributed by atoms with Gasteiger partial charge >= 0.3 is 0 Å². The highest BCUT2D eigenvalue weighted by Crippen LogP contribution is 2.22. The van der Waals surface area contributed by atoms with Crippen molar-refractivity contribution in [1.29, 1.82) is 5.26 Å². The van der Waals surface area contributed by atoms with Gasteiger partial charge in [-0.05, 0) is 24.3 Å². The molecular formula is C14H10N2O3. The number of anilines is 1. The molecule has 1 aromatic heterocycles. The van der Waals surface area contributed by atoms with Crippen molar-refractivity contribution in [3.05, 3.63) is 54.0 Å². The molecule has 0 unspecified atom stereocenters. The Bertz CT molecular complexity index is 652. The van der Waals surface area contributed by atoms with E-state index in [0.717, 1.165) is 0 Å². The Morgan fingerprint density at radius 2 is 2.11 bits per heavy atom. The molecule has 5 heteroatoms. The van der Waals surface area contributed by atoms with Gasteiger partial charge in [0.2, 0.25) is 0 Å². The number of para-hydroxylation sites is 2. The van der Waals surface area contributed by atoms with Crippen molar-refractivity contribution in [3.8, 4) is 11.8 Å². The SMILES string of the molecule is N#C/C(=C/c1ccco1)C(=O)Nc1ccccc1O. The van der Waals surface area contributed by atoms with Crippen molar-refractivity contribution in [1.82, 2.24) is 0 Å². The third-order valence-corrected chi connectivity index (χ3v) is 2.35. The zero-order valence-corrected chi connectivity index (χ0v) is 9.83. The van der Waals surface area contributed by atoms with Gasteiger partial charge in [0.15, 0.2) is 0 Å². The normalized spacial score (nSPS) is 10.8. The van der Waals surface area contributed by atoms with Gasteiger partial charge < -0.3 is 14.8 Å². The molecular weight excluding hydrogens is 244 g/mol. The van der Waals surface area contributed by atoms with E-state index in [0.29, 0.717) is 5.76 Å². The van der Waals surface area contributed by atoms with Gasteiger partial charge in [0.1, 0.15) is 23.2 Å². The summed E-state index contributed by atoms with van der Waals surface area (Å²) in [5, 5.41) is 20.9. The Balaban J connectivity index is 2.19. The fourth-order valence-electron chi connectivity index (χ4n) is 1.43. The summed E-state index contributed by atoms with van der Waals surface area (Å²) in [7, 11) is 0. The van der Waals surface area contributed by atoms with Crippen LogP contribution in [0.5, 0.6) is 5.75 Å². The third kappa shape index (κ3) is 3.01. The Morgan fingerprint density at radius 3 is 2.74 bits per heavy atom. The fraction of sp³-hybridized carbons (Fsp3) is 0. The molecule has 0 radical (unpaired) electrons. The quantitative estimate of drug-likeness (QED) is 0.500. The molecule has 0 fully saturated rings. The van der Waals surface area contributed by atoms with Crippen molar-refractivity contribution in [2.24, 2.45) is 0 Å². The van der Waals surface area contributed by atoms with Crippen LogP contribution in [0.4, 0.5) is 5.69 Å². The van der Waals surface area contributed by atoms with Crippen molar-refractivity contribution >= 4 is 17.7 Å². The zero-order valence-electron chi connectivity index (χ0n) is 9.83. The number of phenols is 1. The Kier molecular flexibility index (Phi) is 3.64. The van der Waals surface area contributed by atoms with Gasteiger partial charge in [-0.3, -0.25) is 4.79 Å². The smallest absolute Gasteiger partial charge is 0.266 e. The number of furan rings is 1. The largest absolute Gasteiger partial charge is 0.506 e. The third-order valence-electron chi connectivity index (χ3n) is 2.35. The maximum atomic E-state index is 11.9. The average Bonchev–Trinajstić information content (AvgIpc) is 2.91. The van der Waals surface area contributed by atoms with Crippen LogP contribution in [-0.4, -0.2) is 11.0 Å². The van der Waals surface area contributed by atoms with E-state index in [1.165, 1.54) is 24.5 Å². The van der Waals surface area contributed by atoms with E-state index in [2.05, 4.69) is 5.32 Å². The van der Waals surface area contributed by atoms with Gasteiger partial charge in [0, 0.05) is 6.08 Å². The highest BCUT2D eigenvalue weighted by atomic mass is 16.3. The molecule has 0 aliphatic rings. The summed E-state index contributed by atoms with van der Waals surface area (Å²) in [6.07, 6.45) is 2.77. The minimum absolute atomic E-state index is 0.0638. The molecule has 2 rings (SSSR count). The molecule has 0 saturated heterocycles. The number of carbonyl (C=O) groups excluding carboxylic acids is 1. The van der Waals surface area contributed by atoms with Crippen molar-refractivity contribution in [3.63, 3.8) is 0 Å². The zero-order chi connectivity index (χ0) is 13.7. The number of benzene rings is 1. The van der Waals surface area contributed by atoms with E-state index < -0.39 is 5.91 Å². The lowest BCUT2D eigenvalue weighted by atomic mass is 10.2. The van der Waals surface area contributed by atoms with Crippen LogP contribution in [0.15, 0.2) is 52.7 Å². The first-order valence-electron chi connectivity index (χ1n) is 5.45. The van der Waals surface area contributed by atoms with Crippen LogP contribution >= 0.6 is 0 Å². The van der Waals surface area contributed by atoms with Gasteiger partial charge in [-0.25, -0.2) is 0 Å². The number of hydrogen-bond acceptors (Lipinski definition) is 4. The Labute approximate surface area is 109 Å². The summed E-state index contributed by atoms with van der Waals surface area (Å²) in [5.74, 6) is -0.268. The second kappa shape index (κ2) is 5.56. The lowest BCUT2D eigenvalue weighted by Crippen LogP contribution is -2.13. The molecule has 1 aromatic carbocycles. The first-order valence-corrected chi connectivity index (χ1v) is 5.45. The monoisotopic (exact) mass is 254 g/mol.